The number of amides is 1. The number of Topliss-reactive ketones (excluding diaryl/α,β-unsaturated/α-hetero) is 4. The van der Waals surface area contributed by atoms with Gasteiger partial charge in [0.25, 0.3) is 0 Å². The van der Waals surface area contributed by atoms with Gasteiger partial charge in [0.05, 0.1) is 21.1 Å². The molecule has 2 fully saturated rings. The van der Waals surface area contributed by atoms with Gasteiger partial charge in [-0.3, -0.25) is 28.9 Å². The molecule has 0 spiro atoms. The summed E-state index contributed by atoms with van der Waals surface area (Å²) in [5.74, 6) is -10.2. The van der Waals surface area contributed by atoms with Crippen molar-refractivity contribution in [1.82, 2.24) is 4.90 Å². The molecule has 4 rings (SSSR count). The maximum atomic E-state index is 13.6. The first-order chi connectivity index (χ1) is 14.8. The Labute approximate surface area is 210 Å². The second kappa shape index (κ2) is 7.81. The van der Waals surface area contributed by atoms with E-state index in [1.807, 2.05) is 22.6 Å². The number of likely N-dealkylation sites (N-methyl/N-ethyl adjacent to an activating group) is 1. The van der Waals surface area contributed by atoms with Crippen molar-refractivity contribution < 1.29 is 34.2 Å². The van der Waals surface area contributed by atoms with Gasteiger partial charge >= 0.3 is 0 Å². The Hall–Kier alpha value is -1.45. The highest BCUT2D eigenvalue weighted by Gasteiger charge is 2.69. The van der Waals surface area contributed by atoms with Gasteiger partial charge in [-0.25, -0.2) is 0 Å². The van der Waals surface area contributed by atoms with Crippen LogP contribution in [0.5, 0.6) is 5.75 Å². The zero-order valence-electron chi connectivity index (χ0n) is 17.1. The van der Waals surface area contributed by atoms with Crippen LogP contribution in [0.25, 0.3) is 0 Å². The molecule has 0 heterocycles. The molecule has 170 valence electrons. The molecule has 1 aromatic rings. The molecule has 1 amide bonds. The number of halogens is 2. The third-order valence-electron chi connectivity index (χ3n) is 6.96. The summed E-state index contributed by atoms with van der Waals surface area (Å²) in [6, 6.07) is 0.637. The van der Waals surface area contributed by atoms with Crippen LogP contribution in [0, 0.1) is 30.8 Å². The summed E-state index contributed by atoms with van der Waals surface area (Å²) in [5, 5.41) is 22.0. The first-order valence-corrected chi connectivity index (χ1v) is 12.0. The predicted molar refractivity (Wildman–Crippen MR) is 127 cm³/mol. The molecular formula is C21H20I2N2O7. The first-order valence-electron chi connectivity index (χ1n) is 9.88. The fourth-order valence-electron chi connectivity index (χ4n) is 5.60. The minimum Gasteiger partial charge on any atom is -0.506 e. The van der Waals surface area contributed by atoms with Gasteiger partial charge in [-0.1, -0.05) is 0 Å². The standard InChI is InChI=1S/C21H20I2N2O7/c1-25(2)14-8-4-6-3-7-9(22)5-10(23)15(26)12(7)16(27)11(6)18(29)21(8,32)19(30)13(17(14)28)20(24)31/h5-6,8,11,13-14,26,32H,3-4H2,1-2H3,(H2,24,31)/t6-,8?,11?,13?,14-,21-/m0/s1. The van der Waals surface area contributed by atoms with Crippen LogP contribution in [-0.2, 0) is 25.6 Å². The fourth-order valence-corrected chi connectivity index (χ4v) is 7.57. The third-order valence-corrected chi connectivity index (χ3v) is 8.75. The monoisotopic (exact) mass is 666 g/mol. The second-order valence-electron chi connectivity index (χ2n) is 8.83. The van der Waals surface area contributed by atoms with E-state index in [0.717, 1.165) is 3.57 Å². The molecule has 3 aliphatic carbocycles. The van der Waals surface area contributed by atoms with Gasteiger partial charge in [-0.05, 0) is 89.7 Å². The van der Waals surface area contributed by atoms with Gasteiger partial charge in [0.2, 0.25) is 5.91 Å². The SMILES string of the molecule is CN(C)[C@@H]1C(=O)C(C(N)=O)C(=O)[C@@]2(O)C(=O)C3C(=O)c4c(O)c(I)cc(I)c4C[C@H]3CC12. The van der Waals surface area contributed by atoms with Crippen molar-refractivity contribution >= 4 is 74.2 Å². The highest BCUT2D eigenvalue weighted by Crippen LogP contribution is 2.51. The highest BCUT2D eigenvalue weighted by atomic mass is 127. The number of nitrogens with zero attached hydrogens (tertiary/aromatic N) is 1. The molecule has 0 aromatic heterocycles. The van der Waals surface area contributed by atoms with E-state index in [1.165, 1.54) is 4.90 Å². The van der Waals surface area contributed by atoms with E-state index in [9.17, 15) is 34.2 Å². The molecule has 0 bridgehead atoms. The number of rotatable bonds is 2. The number of carbonyl (C=O) groups is 5. The third kappa shape index (κ3) is 3.03. The van der Waals surface area contributed by atoms with Gasteiger partial charge in [-0.15, -0.1) is 0 Å². The zero-order valence-corrected chi connectivity index (χ0v) is 21.4. The average Bonchev–Trinajstić information content (AvgIpc) is 2.68. The van der Waals surface area contributed by atoms with Crippen molar-refractivity contribution in [2.75, 3.05) is 14.1 Å². The van der Waals surface area contributed by atoms with Crippen LogP contribution < -0.4 is 5.73 Å². The molecule has 2 saturated carbocycles. The van der Waals surface area contributed by atoms with Gasteiger partial charge in [0.15, 0.2) is 34.7 Å². The van der Waals surface area contributed by atoms with Gasteiger partial charge in [0.1, 0.15) is 5.75 Å². The number of hydrogen-bond donors (Lipinski definition) is 3. The van der Waals surface area contributed by atoms with E-state index in [-0.39, 0.29) is 24.2 Å². The van der Waals surface area contributed by atoms with Crippen LogP contribution in [0.15, 0.2) is 6.07 Å². The van der Waals surface area contributed by atoms with Crippen LogP contribution in [-0.4, -0.2) is 69.9 Å². The number of hydrogen-bond acceptors (Lipinski definition) is 8. The first kappa shape index (κ1) is 23.7. The lowest BCUT2D eigenvalue weighted by Gasteiger charge is -2.52. The summed E-state index contributed by atoms with van der Waals surface area (Å²) in [6.45, 7) is 0. The summed E-state index contributed by atoms with van der Waals surface area (Å²) in [6.07, 6.45) is 0.321. The number of nitrogens with two attached hydrogens (primary N) is 1. The maximum absolute atomic E-state index is 13.6. The molecule has 4 N–H and O–H groups in total. The number of carbonyl (C=O) groups excluding carboxylic acids is 5. The topological polar surface area (TPSA) is 155 Å². The Balaban J connectivity index is 1.89. The lowest BCUT2D eigenvalue weighted by atomic mass is 9.52. The van der Waals surface area contributed by atoms with E-state index in [1.54, 1.807) is 20.2 Å². The summed E-state index contributed by atoms with van der Waals surface area (Å²) < 4.78 is 1.20. The van der Waals surface area contributed by atoms with Crippen LogP contribution in [0.1, 0.15) is 22.3 Å². The van der Waals surface area contributed by atoms with Crippen LogP contribution in [0.2, 0.25) is 0 Å². The van der Waals surface area contributed by atoms with Gasteiger partial charge in [-0.2, -0.15) is 0 Å². The van der Waals surface area contributed by atoms with E-state index < -0.39 is 64.4 Å². The number of phenolic OH excluding ortho intramolecular Hbond substituents is 1. The molecule has 32 heavy (non-hydrogen) atoms. The molecule has 0 saturated heterocycles. The number of aliphatic hydroxyl groups is 1. The van der Waals surface area contributed by atoms with Crippen molar-refractivity contribution in [3.8, 4) is 5.75 Å². The number of fused-ring (bicyclic) bond motifs is 3. The molecule has 0 aliphatic heterocycles. The minimum atomic E-state index is -2.69. The Bertz CT molecular complexity index is 1120. The molecule has 0 radical (unpaired) electrons. The largest absolute Gasteiger partial charge is 0.506 e. The minimum absolute atomic E-state index is 0.0212. The number of ketones is 4. The average molecular weight is 666 g/mol. The Kier molecular flexibility index (Phi) is 5.78. The van der Waals surface area contributed by atoms with Gasteiger partial charge < -0.3 is 15.9 Å². The molecule has 6 atom stereocenters. The van der Waals surface area contributed by atoms with Crippen molar-refractivity contribution in [2.45, 2.75) is 24.5 Å². The highest BCUT2D eigenvalue weighted by molar-refractivity contribution is 14.1. The Morgan fingerprint density at radius 2 is 1.78 bits per heavy atom. The van der Waals surface area contributed by atoms with E-state index in [2.05, 4.69) is 22.6 Å². The summed E-state index contributed by atoms with van der Waals surface area (Å²) in [4.78, 5) is 66.6. The second-order valence-corrected chi connectivity index (χ2v) is 11.2. The van der Waals surface area contributed by atoms with E-state index >= 15 is 0 Å². The predicted octanol–water partition coefficient (Wildman–Crippen LogP) is 0.0762. The van der Waals surface area contributed by atoms with Crippen LogP contribution in [0.3, 0.4) is 0 Å². The molecular weight excluding hydrogens is 646 g/mol. The normalized spacial score (nSPS) is 34.2. The lowest BCUT2D eigenvalue weighted by molar-refractivity contribution is -0.181. The number of aromatic hydroxyl groups is 1. The molecule has 1 aromatic carbocycles. The van der Waals surface area contributed by atoms with Crippen molar-refractivity contribution in [3.05, 3.63) is 24.3 Å². The molecule has 11 heteroatoms. The van der Waals surface area contributed by atoms with Crippen LogP contribution >= 0.6 is 45.2 Å². The summed E-state index contributed by atoms with van der Waals surface area (Å²) in [7, 11) is 3.11. The van der Waals surface area contributed by atoms with Gasteiger partial charge in [0, 0.05) is 9.49 Å². The number of primary amides is 1. The fraction of sp³-hybridized carbons (Fsp3) is 0.476. The Morgan fingerprint density at radius 1 is 1.16 bits per heavy atom. The van der Waals surface area contributed by atoms with E-state index in [4.69, 9.17) is 5.73 Å². The zero-order chi connectivity index (χ0) is 23.9. The van der Waals surface area contributed by atoms with E-state index in [0.29, 0.717) is 9.13 Å². The summed E-state index contributed by atoms with van der Waals surface area (Å²) >= 11 is 3.95. The van der Waals surface area contributed by atoms with Crippen molar-refractivity contribution in [1.29, 1.82) is 0 Å². The Morgan fingerprint density at radius 3 is 2.34 bits per heavy atom. The van der Waals surface area contributed by atoms with Crippen LogP contribution in [0.4, 0.5) is 0 Å². The molecule has 9 nitrogen and oxygen atoms in total. The molecule has 3 unspecified atom stereocenters. The van der Waals surface area contributed by atoms with Crippen molar-refractivity contribution in [2.24, 2.45) is 29.4 Å². The van der Waals surface area contributed by atoms with Crippen molar-refractivity contribution in [3.63, 3.8) is 0 Å². The quantitative estimate of drug-likeness (QED) is 0.296. The summed E-state index contributed by atoms with van der Waals surface area (Å²) in [5.41, 5.74) is 3.23. The number of benzene rings is 1. The maximum Gasteiger partial charge on any atom is 0.235 e. The lowest BCUT2D eigenvalue weighted by Crippen LogP contribution is -2.74. The molecule has 3 aliphatic rings. The smallest absolute Gasteiger partial charge is 0.235 e. The number of phenols is 1.